The van der Waals surface area contributed by atoms with Crippen molar-refractivity contribution < 1.29 is 9.59 Å². The van der Waals surface area contributed by atoms with Crippen molar-refractivity contribution in [3.8, 4) is 0 Å². The van der Waals surface area contributed by atoms with Crippen LogP contribution in [0.4, 0.5) is 5.69 Å². The van der Waals surface area contributed by atoms with Crippen LogP contribution in [-0.2, 0) is 9.59 Å². The van der Waals surface area contributed by atoms with Crippen molar-refractivity contribution >= 4 is 33.4 Å². The summed E-state index contributed by atoms with van der Waals surface area (Å²) in [4.78, 5) is 25.8. The number of benzene rings is 1. The molecule has 0 spiro atoms. The monoisotopic (exact) mass is 338 g/mol. The summed E-state index contributed by atoms with van der Waals surface area (Å²) in [6, 6.07) is 5.60. The van der Waals surface area contributed by atoms with Gasteiger partial charge in [0.15, 0.2) is 0 Å². The lowest BCUT2D eigenvalue weighted by Crippen LogP contribution is -2.44. The molecule has 1 aliphatic rings. The van der Waals surface area contributed by atoms with E-state index >= 15 is 0 Å². The van der Waals surface area contributed by atoms with Gasteiger partial charge >= 0.3 is 11.8 Å². The average molecular weight is 339 g/mol. The van der Waals surface area contributed by atoms with Crippen LogP contribution >= 0.6 is 15.9 Å². The standard InChI is InChI=1S/C15H19BrN2O2/c1-10-5-6-13(12(16)8-10)17-14(19)15(20)18-7-3-4-11(2)9-18/h5-6,8,11H,3-4,7,9H2,1-2H3,(H,17,19). The van der Waals surface area contributed by atoms with E-state index in [1.807, 2.05) is 19.1 Å². The van der Waals surface area contributed by atoms with E-state index < -0.39 is 11.8 Å². The van der Waals surface area contributed by atoms with Crippen molar-refractivity contribution in [1.82, 2.24) is 4.90 Å². The predicted molar refractivity (Wildman–Crippen MR) is 82.5 cm³/mol. The minimum absolute atomic E-state index is 0.441. The summed E-state index contributed by atoms with van der Waals surface area (Å²) in [5.74, 6) is -0.542. The zero-order valence-corrected chi connectivity index (χ0v) is 13.4. The van der Waals surface area contributed by atoms with E-state index in [9.17, 15) is 9.59 Å². The number of carbonyl (C=O) groups excluding carboxylic acids is 2. The van der Waals surface area contributed by atoms with E-state index in [1.54, 1.807) is 11.0 Å². The fraction of sp³-hybridized carbons (Fsp3) is 0.467. The number of aryl methyl sites for hydroxylation is 1. The minimum atomic E-state index is -0.566. The topological polar surface area (TPSA) is 49.4 Å². The molecule has 1 heterocycles. The summed E-state index contributed by atoms with van der Waals surface area (Å²) in [6.07, 6.45) is 2.09. The molecule has 1 fully saturated rings. The molecule has 20 heavy (non-hydrogen) atoms. The number of hydrogen-bond acceptors (Lipinski definition) is 2. The molecule has 108 valence electrons. The van der Waals surface area contributed by atoms with Crippen molar-refractivity contribution in [3.05, 3.63) is 28.2 Å². The molecule has 1 saturated heterocycles. The molecule has 0 aliphatic carbocycles. The summed E-state index contributed by atoms with van der Waals surface area (Å²) in [7, 11) is 0. The zero-order valence-electron chi connectivity index (χ0n) is 11.8. The fourth-order valence-corrected chi connectivity index (χ4v) is 3.01. The zero-order chi connectivity index (χ0) is 14.7. The Hall–Kier alpha value is -1.36. The number of hydrogen-bond donors (Lipinski definition) is 1. The van der Waals surface area contributed by atoms with E-state index in [4.69, 9.17) is 0 Å². The molecule has 0 saturated carbocycles. The third-order valence-corrected chi connectivity index (χ3v) is 4.17. The molecule has 1 aliphatic heterocycles. The molecular weight excluding hydrogens is 320 g/mol. The Morgan fingerprint density at radius 2 is 2.15 bits per heavy atom. The molecule has 0 bridgehead atoms. The van der Waals surface area contributed by atoms with Crippen LogP contribution in [0.15, 0.2) is 22.7 Å². The summed E-state index contributed by atoms with van der Waals surface area (Å²) in [5, 5.41) is 2.67. The Morgan fingerprint density at radius 1 is 1.40 bits per heavy atom. The van der Waals surface area contributed by atoms with E-state index in [0.29, 0.717) is 24.7 Å². The summed E-state index contributed by atoms with van der Waals surface area (Å²) in [5.41, 5.74) is 1.71. The van der Waals surface area contributed by atoms with Crippen LogP contribution in [0.25, 0.3) is 0 Å². The molecule has 1 aromatic rings. The van der Waals surface area contributed by atoms with Crippen LogP contribution in [0.3, 0.4) is 0 Å². The van der Waals surface area contributed by atoms with Crippen molar-refractivity contribution in [3.63, 3.8) is 0 Å². The molecule has 0 aromatic heterocycles. The number of halogens is 1. The quantitative estimate of drug-likeness (QED) is 0.800. The van der Waals surface area contributed by atoms with Gasteiger partial charge < -0.3 is 10.2 Å². The van der Waals surface area contributed by atoms with Gasteiger partial charge in [-0.25, -0.2) is 0 Å². The molecule has 0 radical (unpaired) electrons. The lowest BCUT2D eigenvalue weighted by atomic mass is 10.0. The summed E-state index contributed by atoms with van der Waals surface area (Å²) >= 11 is 3.39. The maximum absolute atomic E-state index is 12.1. The van der Waals surface area contributed by atoms with Crippen molar-refractivity contribution in [2.75, 3.05) is 18.4 Å². The van der Waals surface area contributed by atoms with Crippen LogP contribution in [0.5, 0.6) is 0 Å². The van der Waals surface area contributed by atoms with Crippen LogP contribution < -0.4 is 5.32 Å². The highest BCUT2D eigenvalue weighted by atomic mass is 79.9. The van der Waals surface area contributed by atoms with Gasteiger partial charge in [-0.3, -0.25) is 9.59 Å². The molecule has 1 unspecified atom stereocenters. The predicted octanol–water partition coefficient (Wildman–Crippen LogP) is 2.95. The molecule has 4 nitrogen and oxygen atoms in total. The van der Waals surface area contributed by atoms with Crippen molar-refractivity contribution in [1.29, 1.82) is 0 Å². The number of amides is 2. The smallest absolute Gasteiger partial charge is 0.313 e. The molecule has 1 aromatic carbocycles. The molecule has 1 atom stereocenters. The Morgan fingerprint density at radius 3 is 2.80 bits per heavy atom. The van der Waals surface area contributed by atoms with Gasteiger partial charge in [0.1, 0.15) is 0 Å². The van der Waals surface area contributed by atoms with E-state index in [0.717, 1.165) is 22.9 Å². The van der Waals surface area contributed by atoms with Gasteiger partial charge in [-0.15, -0.1) is 0 Å². The maximum atomic E-state index is 12.1. The number of piperidine rings is 1. The van der Waals surface area contributed by atoms with E-state index in [1.165, 1.54) is 0 Å². The van der Waals surface area contributed by atoms with Gasteiger partial charge in [-0.1, -0.05) is 13.0 Å². The minimum Gasteiger partial charge on any atom is -0.334 e. The van der Waals surface area contributed by atoms with Gasteiger partial charge in [-0.05, 0) is 59.3 Å². The molecule has 5 heteroatoms. The van der Waals surface area contributed by atoms with Crippen LogP contribution in [0.2, 0.25) is 0 Å². The van der Waals surface area contributed by atoms with Crippen molar-refractivity contribution in [2.45, 2.75) is 26.7 Å². The number of likely N-dealkylation sites (tertiary alicyclic amines) is 1. The maximum Gasteiger partial charge on any atom is 0.313 e. The lowest BCUT2D eigenvalue weighted by molar-refractivity contribution is -0.144. The van der Waals surface area contributed by atoms with Gasteiger partial charge in [-0.2, -0.15) is 0 Å². The highest BCUT2D eigenvalue weighted by Crippen LogP contribution is 2.23. The lowest BCUT2D eigenvalue weighted by Gasteiger charge is -2.30. The second kappa shape index (κ2) is 6.39. The third-order valence-electron chi connectivity index (χ3n) is 3.51. The number of rotatable bonds is 1. The van der Waals surface area contributed by atoms with Gasteiger partial charge in [0.25, 0.3) is 0 Å². The first-order valence-corrected chi connectivity index (χ1v) is 7.63. The fourth-order valence-electron chi connectivity index (χ4n) is 2.41. The Labute approximate surface area is 127 Å². The first kappa shape index (κ1) is 15.0. The second-order valence-corrected chi connectivity index (χ2v) is 6.29. The number of anilines is 1. The SMILES string of the molecule is Cc1ccc(NC(=O)C(=O)N2CCCC(C)C2)c(Br)c1. The second-order valence-electron chi connectivity index (χ2n) is 5.44. The number of carbonyl (C=O) groups is 2. The molecule has 2 amide bonds. The molecule has 2 rings (SSSR count). The third kappa shape index (κ3) is 3.60. The van der Waals surface area contributed by atoms with Gasteiger partial charge in [0, 0.05) is 17.6 Å². The Kier molecular flexibility index (Phi) is 4.81. The molecular formula is C15H19BrN2O2. The van der Waals surface area contributed by atoms with E-state index in [-0.39, 0.29) is 0 Å². The number of nitrogens with one attached hydrogen (secondary N) is 1. The highest BCUT2D eigenvalue weighted by molar-refractivity contribution is 9.10. The van der Waals surface area contributed by atoms with Gasteiger partial charge in [0.05, 0.1) is 5.69 Å². The van der Waals surface area contributed by atoms with Crippen LogP contribution in [0, 0.1) is 12.8 Å². The van der Waals surface area contributed by atoms with Crippen LogP contribution in [-0.4, -0.2) is 29.8 Å². The van der Waals surface area contributed by atoms with E-state index in [2.05, 4.69) is 28.2 Å². The Bertz CT molecular complexity index is 531. The average Bonchev–Trinajstić information content (AvgIpc) is 2.41. The van der Waals surface area contributed by atoms with Crippen LogP contribution in [0.1, 0.15) is 25.3 Å². The first-order chi connectivity index (χ1) is 9.47. The summed E-state index contributed by atoms with van der Waals surface area (Å²) < 4.78 is 0.783. The van der Waals surface area contributed by atoms with Crippen molar-refractivity contribution in [2.24, 2.45) is 5.92 Å². The highest BCUT2D eigenvalue weighted by Gasteiger charge is 2.26. The Balaban J connectivity index is 2.02. The summed E-state index contributed by atoms with van der Waals surface area (Å²) in [6.45, 7) is 5.41. The number of nitrogens with zero attached hydrogens (tertiary/aromatic N) is 1. The largest absolute Gasteiger partial charge is 0.334 e. The first-order valence-electron chi connectivity index (χ1n) is 6.84. The van der Waals surface area contributed by atoms with Gasteiger partial charge in [0.2, 0.25) is 0 Å². The normalized spacial score (nSPS) is 18.8. The molecule has 1 N–H and O–H groups in total.